The first kappa shape index (κ1) is 19.2. The van der Waals surface area contributed by atoms with Gasteiger partial charge in [-0.05, 0) is 22.3 Å². The lowest BCUT2D eigenvalue weighted by Crippen LogP contribution is -2.33. The van der Waals surface area contributed by atoms with Gasteiger partial charge < -0.3 is 14.4 Å². The maximum atomic E-state index is 12.9. The Hall–Kier alpha value is -2.79. The lowest BCUT2D eigenvalue weighted by atomic mass is 9.98. The first-order valence-electron chi connectivity index (χ1n) is 10.2. The van der Waals surface area contributed by atoms with Gasteiger partial charge >= 0.3 is 6.09 Å². The first-order chi connectivity index (χ1) is 14.8. The van der Waals surface area contributed by atoms with E-state index >= 15 is 0 Å². The van der Waals surface area contributed by atoms with Crippen molar-refractivity contribution in [2.45, 2.75) is 17.8 Å². The largest absolute Gasteiger partial charge is 0.491 e. The van der Waals surface area contributed by atoms with E-state index < -0.39 is 0 Å². The molecule has 0 atom stereocenters. The molecule has 4 nitrogen and oxygen atoms in total. The Kier molecular flexibility index (Phi) is 5.21. The number of fused-ring (bicyclic) bond motifs is 4. The molecular formula is C25H22BrNO3. The highest BCUT2D eigenvalue weighted by atomic mass is 79.9. The van der Waals surface area contributed by atoms with E-state index in [-0.39, 0.29) is 12.0 Å². The molecule has 1 amide bonds. The molecule has 1 aliphatic heterocycles. The van der Waals surface area contributed by atoms with Crippen LogP contribution in [0.3, 0.4) is 0 Å². The summed E-state index contributed by atoms with van der Waals surface area (Å²) in [4.78, 5) is 14.7. The summed E-state index contributed by atoms with van der Waals surface area (Å²) in [6, 6.07) is 22.8. The van der Waals surface area contributed by atoms with Crippen molar-refractivity contribution in [3.8, 4) is 16.9 Å². The van der Waals surface area contributed by atoms with Crippen molar-refractivity contribution >= 4 is 22.0 Å². The molecule has 3 aromatic carbocycles. The van der Waals surface area contributed by atoms with Gasteiger partial charge in [-0.25, -0.2) is 4.79 Å². The number of rotatable bonds is 3. The van der Waals surface area contributed by atoms with Gasteiger partial charge in [-0.3, -0.25) is 0 Å². The number of alkyl halides is 1. The molecule has 0 saturated carbocycles. The van der Waals surface area contributed by atoms with Gasteiger partial charge in [-0.2, -0.15) is 0 Å². The summed E-state index contributed by atoms with van der Waals surface area (Å²) in [5, 5.41) is 0.723. The highest BCUT2D eigenvalue weighted by Crippen LogP contribution is 2.44. The van der Waals surface area contributed by atoms with Gasteiger partial charge in [0.15, 0.2) is 0 Å². The summed E-state index contributed by atoms with van der Waals surface area (Å²) in [6.45, 7) is 1.79. The van der Waals surface area contributed by atoms with Crippen LogP contribution in [0.15, 0.2) is 66.7 Å². The van der Waals surface area contributed by atoms with Crippen LogP contribution in [0.2, 0.25) is 0 Å². The summed E-state index contributed by atoms with van der Waals surface area (Å²) in [6.07, 6.45) is -0.294. The number of hydrogen-bond acceptors (Lipinski definition) is 3. The molecule has 0 N–H and O–H groups in total. The molecule has 1 aliphatic carbocycles. The monoisotopic (exact) mass is 463 g/mol. The van der Waals surface area contributed by atoms with Crippen LogP contribution in [0.5, 0.6) is 5.75 Å². The van der Waals surface area contributed by atoms with Crippen molar-refractivity contribution in [1.82, 2.24) is 4.90 Å². The molecule has 30 heavy (non-hydrogen) atoms. The Morgan fingerprint density at radius 2 is 1.70 bits per heavy atom. The second-order valence-corrected chi connectivity index (χ2v) is 8.17. The zero-order chi connectivity index (χ0) is 20.5. The summed E-state index contributed by atoms with van der Waals surface area (Å²) >= 11 is 3.51. The number of benzene rings is 3. The topological polar surface area (TPSA) is 38.8 Å². The van der Waals surface area contributed by atoms with Gasteiger partial charge in [-0.15, -0.1) is 0 Å². The molecule has 0 aromatic heterocycles. The van der Waals surface area contributed by atoms with Crippen LogP contribution in [-0.4, -0.2) is 30.8 Å². The quantitative estimate of drug-likeness (QED) is 0.465. The van der Waals surface area contributed by atoms with Crippen molar-refractivity contribution in [3.63, 3.8) is 0 Å². The number of halogens is 1. The molecule has 0 radical (unpaired) electrons. The molecule has 2 aliphatic rings. The molecule has 0 spiro atoms. The van der Waals surface area contributed by atoms with Gasteiger partial charge in [0.25, 0.3) is 0 Å². The Morgan fingerprint density at radius 1 is 1.00 bits per heavy atom. The smallest absolute Gasteiger partial charge is 0.410 e. The first-order valence-corrected chi connectivity index (χ1v) is 11.3. The standard InChI is InChI=1S/C25H22BrNO3/c26-14-17-6-5-7-18-15-27(12-13-29-24(17)18)25(28)30-16-23-21-10-3-1-8-19(21)20-9-2-4-11-22(20)23/h1-11,23H,12-16H2. The van der Waals surface area contributed by atoms with E-state index in [0.717, 1.165) is 22.2 Å². The van der Waals surface area contributed by atoms with Gasteiger partial charge in [0, 0.05) is 22.4 Å². The highest BCUT2D eigenvalue weighted by Gasteiger charge is 2.30. The lowest BCUT2D eigenvalue weighted by Gasteiger charge is -2.21. The Bertz CT molecular complexity index is 1050. The van der Waals surface area contributed by atoms with Crippen LogP contribution >= 0.6 is 15.9 Å². The minimum atomic E-state index is -0.294. The van der Waals surface area contributed by atoms with Crippen molar-refractivity contribution in [3.05, 3.63) is 89.0 Å². The third-order valence-corrected chi connectivity index (χ3v) is 6.49. The van der Waals surface area contributed by atoms with Crippen LogP contribution in [-0.2, 0) is 16.6 Å². The zero-order valence-electron chi connectivity index (χ0n) is 16.5. The maximum absolute atomic E-state index is 12.9. The highest BCUT2D eigenvalue weighted by molar-refractivity contribution is 9.08. The number of carbonyl (C=O) groups excluding carboxylic acids is 1. The molecule has 0 bridgehead atoms. The van der Waals surface area contributed by atoms with Gasteiger partial charge in [0.05, 0.1) is 13.1 Å². The number of hydrogen-bond donors (Lipinski definition) is 0. The Labute approximate surface area is 184 Å². The van der Waals surface area contributed by atoms with Crippen molar-refractivity contribution in [1.29, 1.82) is 0 Å². The molecule has 5 rings (SSSR count). The van der Waals surface area contributed by atoms with Crippen LogP contribution in [0.1, 0.15) is 28.2 Å². The van der Waals surface area contributed by atoms with E-state index in [2.05, 4.69) is 52.3 Å². The fraction of sp³-hybridized carbons (Fsp3) is 0.240. The minimum absolute atomic E-state index is 0.0665. The molecule has 1 heterocycles. The number of carbonyl (C=O) groups is 1. The summed E-state index contributed by atoms with van der Waals surface area (Å²) in [5.74, 6) is 0.945. The average Bonchev–Trinajstić information content (AvgIpc) is 2.94. The van der Waals surface area contributed by atoms with Crippen molar-refractivity contribution in [2.24, 2.45) is 0 Å². The average molecular weight is 464 g/mol. The van der Waals surface area contributed by atoms with E-state index in [0.29, 0.717) is 26.3 Å². The van der Waals surface area contributed by atoms with E-state index in [1.54, 1.807) is 4.90 Å². The third-order valence-electron chi connectivity index (χ3n) is 5.89. The van der Waals surface area contributed by atoms with Gasteiger partial charge in [-0.1, -0.05) is 82.7 Å². The fourth-order valence-electron chi connectivity index (χ4n) is 4.44. The second kappa shape index (κ2) is 8.15. The molecule has 3 aromatic rings. The van der Waals surface area contributed by atoms with Crippen molar-refractivity contribution in [2.75, 3.05) is 19.8 Å². The predicted octanol–water partition coefficient (Wildman–Crippen LogP) is 5.73. The van der Waals surface area contributed by atoms with E-state index in [1.807, 2.05) is 30.3 Å². The van der Waals surface area contributed by atoms with E-state index in [1.165, 1.54) is 22.3 Å². The SMILES string of the molecule is O=C(OCC1c2ccccc2-c2ccccc21)N1CCOc2c(CBr)cccc2C1. The fourth-order valence-corrected chi connectivity index (χ4v) is 4.88. The van der Waals surface area contributed by atoms with E-state index in [4.69, 9.17) is 9.47 Å². The minimum Gasteiger partial charge on any atom is -0.491 e. The third kappa shape index (κ3) is 3.37. The normalized spacial score (nSPS) is 14.9. The molecule has 152 valence electrons. The number of para-hydroxylation sites is 1. The Morgan fingerprint density at radius 3 is 2.40 bits per heavy atom. The maximum Gasteiger partial charge on any atom is 0.410 e. The van der Waals surface area contributed by atoms with Crippen LogP contribution in [0.4, 0.5) is 4.79 Å². The number of ether oxygens (including phenoxy) is 2. The van der Waals surface area contributed by atoms with E-state index in [9.17, 15) is 4.79 Å². The molecule has 5 heteroatoms. The van der Waals surface area contributed by atoms with Gasteiger partial charge in [0.2, 0.25) is 0 Å². The Balaban J connectivity index is 1.33. The zero-order valence-corrected chi connectivity index (χ0v) is 18.1. The van der Waals surface area contributed by atoms with Crippen LogP contribution in [0.25, 0.3) is 11.1 Å². The molecule has 0 unspecified atom stereocenters. The molecular weight excluding hydrogens is 442 g/mol. The lowest BCUT2D eigenvalue weighted by molar-refractivity contribution is 0.0947. The molecule has 0 fully saturated rings. The number of nitrogens with zero attached hydrogens (tertiary/aromatic N) is 1. The number of amides is 1. The van der Waals surface area contributed by atoms with Crippen molar-refractivity contribution < 1.29 is 14.3 Å². The van der Waals surface area contributed by atoms with Gasteiger partial charge in [0.1, 0.15) is 19.0 Å². The van der Waals surface area contributed by atoms with Crippen LogP contribution in [0, 0.1) is 0 Å². The predicted molar refractivity (Wildman–Crippen MR) is 120 cm³/mol. The summed E-state index contributed by atoms with van der Waals surface area (Å²) in [5.41, 5.74) is 7.01. The second-order valence-electron chi connectivity index (χ2n) is 7.61. The summed E-state index contributed by atoms with van der Waals surface area (Å²) in [7, 11) is 0. The summed E-state index contributed by atoms with van der Waals surface area (Å²) < 4.78 is 11.8. The molecule has 0 saturated heterocycles. The van der Waals surface area contributed by atoms with Crippen LogP contribution < -0.4 is 4.74 Å².